The summed E-state index contributed by atoms with van der Waals surface area (Å²) in [7, 11) is 0. The molecule has 0 N–H and O–H groups in total. The Morgan fingerprint density at radius 3 is 2.67 bits per heavy atom. The molecule has 0 heterocycles. The predicted molar refractivity (Wildman–Crippen MR) is 44.0 cm³/mol. The second kappa shape index (κ2) is 2.45. The van der Waals surface area contributed by atoms with Crippen LogP contribution >= 0.6 is 0 Å². The standard InChI is InChI=1S/C10H11NO/c1-6(12)10-8-3-2-7(4-8)9(10)5-11/h2-3,7-10H,4H2,1H3. The zero-order chi connectivity index (χ0) is 8.72. The molecule has 1 fully saturated rings. The Hall–Kier alpha value is -1.10. The number of Topliss-reactive ketones (excluding diaryl/α,β-unsaturated/α-hetero) is 1. The number of nitrogens with zero attached hydrogens (tertiary/aromatic N) is 1. The van der Waals surface area contributed by atoms with Crippen LogP contribution in [-0.4, -0.2) is 5.78 Å². The smallest absolute Gasteiger partial charge is 0.134 e. The van der Waals surface area contributed by atoms with Crippen LogP contribution in [0, 0.1) is 35.0 Å². The van der Waals surface area contributed by atoms with Crippen LogP contribution < -0.4 is 0 Å². The van der Waals surface area contributed by atoms with Crippen molar-refractivity contribution >= 4 is 5.78 Å². The molecule has 2 heteroatoms. The molecule has 2 aliphatic carbocycles. The summed E-state index contributed by atoms with van der Waals surface area (Å²) in [6, 6.07) is 2.25. The minimum atomic E-state index is -0.0440. The van der Waals surface area contributed by atoms with Crippen LogP contribution in [0.3, 0.4) is 0 Å². The Labute approximate surface area is 71.9 Å². The van der Waals surface area contributed by atoms with Crippen molar-refractivity contribution in [2.24, 2.45) is 23.7 Å². The summed E-state index contributed by atoms with van der Waals surface area (Å²) in [6.45, 7) is 1.60. The van der Waals surface area contributed by atoms with E-state index < -0.39 is 0 Å². The first-order valence-electron chi connectivity index (χ1n) is 4.32. The number of allylic oxidation sites excluding steroid dienone is 2. The van der Waals surface area contributed by atoms with Crippen molar-refractivity contribution in [1.82, 2.24) is 0 Å². The Kier molecular flexibility index (Phi) is 1.54. The maximum absolute atomic E-state index is 11.2. The third-order valence-electron chi connectivity index (χ3n) is 3.08. The highest BCUT2D eigenvalue weighted by Gasteiger charge is 2.46. The van der Waals surface area contributed by atoms with Crippen LogP contribution in [0.25, 0.3) is 0 Å². The number of ketones is 1. The van der Waals surface area contributed by atoms with Crippen molar-refractivity contribution in [3.8, 4) is 6.07 Å². The molecule has 2 rings (SSSR count). The van der Waals surface area contributed by atoms with Gasteiger partial charge in [0, 0.05) is 5.92 Å². The van der Waals surface area contributed by atoms with Gasteiger partial charge in [-0.15, -0.1) is 0 Å². The minimum Gasteiger partial charge on any atom is -0.300 e. The first-order valence-corrected chi connectivity index (χ1v) is 4.32. The summed E-state index contributed by atoms with van der Waals surface area (Å²) in [6.07, 6.45) is 5.21. The summed E-state index contributed by atoms with van der Waals surface area (Å²) in [4.78, 5) is 11.2. The van der Waals surface area contributed by atoms with Crippen LogP contribution in [0.1, 0.15) is 13.3 Å². The van der Waals surface area contributed by atoms with E-state index in [1.807, 2.05) is 0 Å². The number of fused-ring (bicyclic) bond motifs is 2. The van der Waals surface area contributed by atoms with Crippen LogP contribution in [-0.2, 0) is 4.79 Å². The Morgan fingerprint density at radius 1 is 1.50 bits per heavy atom. The molecule has 0 radical (unpaired) electrons. The van der Waals surface area contributed by atoms with Gasteiger partial charge in [0.05, 0.1) is 12.0 Å². The third-order valence-corrected chi connectivity index (χ3v) is 3.08. The highest BCUT2D eigenvalue weighted by molar-refractivity contribution is 5.80. The monoisotopic (exact) mass is 161 g/mol. The van der Waals surface area contributed by atoms with Crippen molar-refractivity contribution in [1.29, 1.82) is 5.26 Å². The van der Waals surface area contributed by atoms with Crippen LogP contribution in [0.5, 0.6) is 0 Å². The number of nitriles is 1. The largest absolute Gasteiger partial charge is 0.300 e. The van der Waals surface area contributed by atoms with E-state index in [9.17, 15) is 4.79 Å². The topological polar surface area (TPSA) is 40.9 Å². The number of hydrogen-bond acceptors (Lipinski definition) is 2. The molecule has 0 aliphatic heterocycles. The van der Waals surface area contributed by atoms with Gasteiger partial charge < -0.3 is 0 Å². The van der Waals surface area contributed by atoms with E-state index >= 15 is 0 Å². The van der Waals surface area contributed by atoms with Gasteiger partial charge in [0.1, 0.15) is 5.78 Å². The first kappa shape index (κ1) is 7.54. The van der Waals surface area contributed by atoms with Gasteiger partial charge in [-0.05, 0) is 25.2 Å². The Balaban J connectivity index is 2.30. The molecular formula is C10H11NO. The molecule has 4 unspecified atom stereocenters. The molecule has 0 amide bonds. The van der Waals surface area contributed by atoms with E-state index in [0.717, 1.165) is 6.42 Å². The highest BCUT2D eigenvalue weighted by Crippen LogP contribution is 2.47. The molecule has 0 saturated heterocycles. The molecule has 0 aromatic rings. The quantitative estimate of drug-likeness (QED) is 0.547. The normalized spacial score (nSPS) is 43.0. The van der Waals surface area contributed by atoms with Crippen molar-refractivity contribution in [3.63, 3.8) is 0 Å². The Bertz CT molecular complexity index is 287. The molecular weight excluding hydrogens is 150 g/mol. The van der Waals surface area contributed by atoms with E-state index in [0.29, 0.717) is 11.8 Å². The molecule has 0 aromatic heterocycles. The number of rotatable bonds is 1. The molecule has 4 atom stereocenters. The van der Waals surface area contributed by atoms with Gasteiger partial charge in [-0.2, -0.15) is 5.26 Å². The predicted octanol–water partition coefficient (Wildman–Crippen LogP) is 1.54. The van der Waals surface area contributed by atoms with Gasteiger partial charge >= 0.3 is 0 Å². The van der Waals surface area contributed by atoms with E-state index in [-0.39, 0.29) is 17.6 Å². The molecule has 2 bridgehead atoms. The van der Waals surface area contributed by atoms with Crippen molar-refractivity contribution < 1.29 is 4.79 Å². The van der Waals surface area contributed by atoms with Gasteiger partial charge in [-0.3, -0.25) is 4.79 Å². The second-order valence-electron chi connectivity index (χ2n) is 3.74. The molecule has 1 saturated carbocycles. The lowest BCUT2D eigenvalue weighted by Crippen LogP contribution is -2.24. The van der Waals surface area contributed by atoms with Crippen LogP contribution in [0.4, 0.5) is 0 Å². The molecule has 0 aromatic carbocycles. The summed E-state index contributed by atoms with van der Waals surface area (Å²) in [5.74, 6) is 0.840. The van der Waals surface area contributed by atoms with Gasteiger partial charge in [-0.25, -0.2) is 0 Å². The summed E-state index contributed by atoms with van der Waals surface area (Å²) in [5.41, 5.74) is 0. The Morgan fingerprint density at radius 2 is 2.17 bits per heavy atom. The van der Waals surface area contributed by atoms with Gasteiger partial charge in [0.25, 0.3) is 0 Å². The lowest BCUT2D eigenvalue weighted by Gasteiger charge is -2.19. The first-order chi connectivity index (χ1) is 5.74. The molecule has 2 aliphatic rings. The zero-order valence-corrected chi connectivity index (χ0v) is 7.03. The van der Waals surface area contributed by atoms with Crippen molar-refractivity contribution in [2.45, 2.75) is 13.3 Å². The fourth-order valence-electron chi connectivity index (χ4n) is 2.55. The average molecular weight is 161 g/mol. The van der Waals surface area contributed by atoms with E-state index in [4.69, 9.17) is 5.26 Å². The molecule has 2 nitrogen and oxygen atoms in total. The molecule has 0 spiro atoms. The summed E-state index contributed by atoms with van der Waals surface area (Å²) >= 11 is 0. The lowest BCUT2D eigenvalue weighted by molar-refractivity contribution is -0.122. The summed E-state index contributed by atoms with van der Waals surface area (Å²) < 4.78 is 0. The van der Waals surface area contributed by atoms with E-state index in [1.54, 1.807) is 6.92 Å². The van der Waals surface area contributed by atoms with Crippen LogP contribution in [0.2, 0.25) is 0 Å². The zero-order valence-electron chi connectivity index (χ0n) is 7.03. The number of hydrogen-bond donors (Lipinski definition) is 0. The number of carbonyl (C=O) groups excluding carboxylic acids is 1. The van der Waals surface area contributed by atoms with Crippen molar-refractivity contribution in [3.05, 3.63) is 12.2 Å². The maximum Gasteiger partial charge on any atom is 0.134 e. The number of carbonyl (C=O) groups is 1. The maximum atomic E-state index is 11.2. The second-order valence-corrected chi connectivity index (χ2v) is 3.74. The SMILES string of the molecule is CC(=O)C1C2C=CC(C2)C1C#N. The fraction of sp³-hybridized carbons (Fsp3) is 0.600. The molecule has 12 heavy (non-hydrogen) atoms. The third kappa shape index (κ3) is 0.828. The van der Waals surface area contributed by atoms with E-state index in [2.05, 4.69) is 18.2 Å². The highest BCUT2D eigenvalue weighted by atomic mass is 16.1. The van der Waals surface area contributed by atoms with Crippen LogP contribution in [0.15, 0.2) is 12.2 Å². The van der Waals surface area contributed by atoms with Gasteiger partial charge in [0.2, 0.25) is 0 Å². The summed E-state index contributed by atoms with van der Waals surface area (Å²) in [5, 5.41) is 8.87. The average Bonchev–Trinajstić information content (AvgIpc) is 2.60. The van der Waals surface area contributed by atoms with Crippen molar-refractivity contribution in [2.75, 3.05) is 0 Å². The molecule has 62 valence electrons. The van der Waals surface area contributed by atoms with Gasteiger partial charge in [-0.1, -0.05) is 12.2 Å². The fourth-order valence-corrected chi connectivity index (χ4v) is 2.55. The van der Waals surface area contributed by atoms with Gasteiger partial charge in [0.15, 0.2) is 0 Å². The minimum absolute atomic E-state index is 0.00926. The van der Waals surface area contributed by atoms with E-state index in [1.165, 1.54) is 0 Å². The lowest BCUT2D eigenvalue weighted by atomic mass is 9.82.